The van der Waals surface area contributed by atoms with Crippen molar-refractivity contribution in [2.24, 2.45) is 0 Å². The third-order valence-corrected chi connectivity index (χ3v) is 6.83. The van der Waals surface area contributed by atoms with Crippen LogP contribution in [0.3, 0.4) is 0 Å². The molecule has 1 aromatic carbocycles. The van der Waals surface area contributed by atoms with Gasteiger partial charge in [0, 0.05) is 17.6 Å². The number of hydrogen-bond acceptors (Lipinski definition) is 7. The van der Waals surface area contributed by atoms with E-state index in [1.807, 2.05) is 20.8 Å². The van der Waals surface area contributed by atoms with E-state index in [2.05, 4.69) is 32.7 Å². The smallest absolute Gasteiger partial charge is 0.276 e. The standard InChI is InChI=1S/C26H34F3N6O2PS.C2H6/c1-5-8-19(17(27)13-30-3)32-18-10-7-11-20-16(18)12-21(35(20)15-26(28,29)38)25-34-33-23(37-25)14-31-24(36)22(39-4)9-6-2;1-2/h6-7,9-12,17,19,30,32H,2,5,8,13-15,38H2,1,3-4H3,(H,31,36);1-2H3/b22-9-;. The Bertz CT molecular complexity index is 1310. The van der Waals surface area contributed by atoms with Crippen LogP contribution in [0.4, 0.5) is 18.9 Å². The highest BCUT2D eigenvalue weighted by Gasteiger charge is 2.28. The van der Waals surface area contributed by atoms with E-state index in [4.69, 9.17) is 4.42 Å². The van der Waals surface area contributed by atoms with Gasteiger partial charge in [0.25, 0.3) is 17.5 Å². The minimum absolute atomic E-state index is 0.0195. The van der Waals surface area contributed by atoms with E-state index in [-0.39, 0.29) is 36.5 Å². The summed E-state index contributed by atoms with van der Waals surface area (Å²) in [5, 5.41) is 17.5. The average molecular weight is 613 g/mol. The molecule has 3 rings (SSSR count). The minimum atomic E-state index is -3.12. The number of carbonyl (C=O) groups excluding carboxylic acids is 1. The maximum absolute atomic E-state index is 14.9. The van der Waals surface area contributed by atoms with E-state index in [9.17, 15) is 18.0 Å². The highest BCUT2D eigenvalue weighted by atomic mass is 32.2. The number of hydrogen-bond donors (Lipinski definition) is 3. The Kier molecular flexibility index (Phi) is 13.9. The summed E-state index contributed by atoms with van der Waals surface area (Å²) in [6.07, 6.45) is 5.08. The molecule has 0 saturated carbocycles. The van der Waals surface area contributed by atoms with E-state index >= 15 is 0 Å². The molecule has 0 radical (unpaired) electrons. The van der Waals surface area contributed by atoms with Gasteiger partial charge in [0.05, 0.1) is 29.6 Å². The van der Waals surface area contributed by atoms with Gasteiger partial charge in [0.15, 0.2) is 0 Å². The quantitative estimate of drug-likeness (QED) is 0.104. The van der Waals surface area contributed by atoms with Crippen LogP contribution in [0.1, 0.15) is 39.5 Å². The second-order valence-electron chi connectivity index (χ2n) is 8.88. The first-order chi connectivity index (χ1) is 19.6. The van der Waals surface area contributed by atoms with E-state index in [1.54, 1.807) is 52.9 Å². The summed E-state index contributed by atoms with van der Waals surface area (Å²) < 4.78 is 50.5. The Balaban J connectivity index is 0.00000287. The molecule has 226 valence electrons. The Hall–Kier alpha value is -2.82. The summed E-state index contributed by atoms with van der Waals surface area (Å²) in [6.45, 7) is 9.04. The van der Waals surface area contributed by atoms with Crippen LogP contribution >= 0.6 is 21.0 Å². The predicted molar refractivity (Wildman–Crippen MR) is 166 cm³/mol. The number of thioether (sulfide) groups is 1. The molecule has 8 nitrogen and oxygen atoms in total. The molecule has 13 heteroatoms. The number of allylic oxidation sites excluding steroid dienone is 2. The van der Waals surface area contributed by atoms with Crippen molar-refractivity contribution < 1.29 is 22.4 Å². The van der Waals surface area contributed by atoms with Crippen molar-refractivity contribution in [2.45, 2.75) is 64.6 Å². The second-order valence-corrected chi connectivity index (χ2v) is 10.6. The number of carbonyl (C=O) groups is 1. The molecule has 0 bridgehead atoms. The number of halogens is 3. The van der Waals surface area contributed by atoms with Crippen LogP contribution in [0.25, 0.3) is 22.5 Å². The average Bonchev–Trinajstić information content (AvgIpc) is 3.55. The normalized spacial score (nSPS) is 13.3. The first-order valence-corrected chi connectivity index (χ1v) is 15.2. The Morgan fingerprint density at radius 3 is 2.66 bits per heavy atom. The molecule has 0 fully saturated rings. The van der Waals surface area contributed by atoms with Gasteiger partial charge in [-0.25, -0.2) is 13.2 Å². The molecule has 0 saturated heterocycles. The molecule has 3 aromatic rings. The van der Waals surface area contributed by atoms with Gasteiger partial charge in [-0.3, -0.25) is 4.79 Å². The lowest BCUT2D eigenvalue weighted by molar-refractivity contribution is -0.117. The van der Waals surface area contributed by atoms with Gasteiger partial charge in [0.1, 0.15) is 11.9 Å². The number of rotatable bonds is 15. The maximum Gasteiger partial charge on any atom is 0.276 e. The van der Waals surface area contributed by atoms with Gasteiger partial charge in [-0.15, -0.1) is 22.0 Å². The number of fused-ring (bicyclic) bond motifs is 1. The molecule has 3 unspecified atom stereocenters. The summed E-state index contributed by atoms with van der Waals surface area (Å²) >= 11 is 1.26. The number of benzene rings is 1. The predicted octanol–water partition coefficient (Wildman–Crippen LogP) is 6.37. The first kappa shape index (κ1) is 34.4. The van der Waals surface area contributed by atoms with Crippen molar-refractivity contribution in [2.75, 3.05) is 25.2 Å². The molecular formula is C28H40F3N6O2PS. The Labute approximate surface area is 246 Å². The molecule has 1 amide bonds. The van der Waals surface area contributed by atoms with Crippen LogP contribution < -0.4 is 16.0 Å². The number of aromatic nitrogens is 3. The number of amides is 1. The van der Waals surface area contributed by atoms with Gasteiger partial charge >= 0.3 is 0 Å². The highest BCUT2D eigenvalue weighted by molar-refractivity contribution is 8.03. The van der Waals surface area contributed by atoms with Gasteiger partial charge < -0.3 is 24.9 Å². The van der Waals surface area contributed by atoms with Crippen LogP contribution in [-0.4, -0.2) is 58.4 Å². The fourth-order valence-corrected chi connectivity index (χ4v) is 4.85. The van der Waals surface area contributed by atoms with E-state index in [1.165, 1.54) is 22.4 Å². The van der Waals surface area contributed by atoms with E-state index in [0.29, 0.717) is 27.9 Å². The number of nitrogens with one attached hydrogen (secondary N) is 3. The largest absolute Gasteiger partial charge is 0.417 e. The minimum Gasteiger partial charge on any atom is -0.417 e. The van der Waals surface area contributed by atoms with Gasteiger partial charge in [-0.2, -0.15) is 0 Å². The van der Waals surface area contributed by atoms with Gasteiger partial charge in [-0.05, 0) is 44.0 Å². The van der Waals surface area contributed by atoms with Crippen LogP contribution in [0.2, 0.25) is 0 Å². The lowest BCUT2D eigenvalue weighted by Gasteiger charge is -2.23. The Morgan fingerprint density at radius 1 is 1.32 bits per heavy atom. The van der Waals surface area contributed by atoms with Crippen molar-refractivity contribution in [1.29, 1.82) is 0 Å². The Morgan fingerprint density at radius 2 is 2.05 bits per heavy atom. The molecule has 2 heterocycles. The van der Waals surface area contributed by atoms with Crippen LogP contribution in [-0.2, 0) is 17.9 Å². The lowest BCUT2D eigenvalue weighted by atomic mass is 10.1. The zero-order valence-electron chi connectivity index (χ0n) is 24.1. The SMILES string of the molecule is C=C/C=C(\SC)C(=O)NCc1nnc(-c2cc3c(NC(CCC)C(F)CNC)cccc3n2CC(F)(F)P)o1.CC. The number of nitrogens with zero attached hydrogens (tertiary/aromatic N) is 3. The molecular weight excluding hydrogens is 572 g/mol. The van der Waals surface area contributed by atoms with Crippen molar-refractivity contribution in [3.05, 3.63) is 53.8 Å². The van der Waals surface area contributed by atoms with Crippen molar-refractivity contribution in [3.8, 4) is 11.6 Å². The molecule has 0 spiro atoms. The second kappa shape index (κ2) is 16.6. The maximum atomic E-state index is 14.9. The van der Waals surface area contributed by atoms with Crippen LogP contribution in [0.15, 0.2) is 52.3 Å². The molecule has 0 aliphatic rings. The number of anilines is 1. The van der Waals surface area contributed by atoms with Crippen molar-refractivity contribution in [3.63, 3.8) is 0 Å². The van der Waals surface area contributed by atoms with E-state index < -0.39 is 24.4 Å². The summed E-state index contributed by atoms with van der Waals surface area (Å²) in [7, 11) is 3.24. The first-order valence-electron chi connectivity index (χ1n) is 13.4. The highest BCUT2D eigenvalue weighted by Crippen LogP contribution is 2.36. The summed E-state index contributed by atoms with van der Waals surface area (Å²) in [5.74, 6) is -0.202. The van der Waals surface area contributed by atoms with Crippen molar-refractivity contribution in [1.82, 2.24) is 25.4 Å². The van der Waals surface area contributed by atoms with E-state index in [0.717, 1.165) is 6.42 Å². The van der Waals surface area contributed by atoms with Gasteiger partial charge in [-0.1, -0.05) is 55.2 Å². The third-order valence-electron chi connectivity index (χ3n) is 5.89. The van der Waals surface area contributed by atoms with Crippen molar-refractivity contribution >= 4 is 43.5 Å². The molecule has 41 heavy (non-hydrogen) atoms. The molecule has 3 atom stereocenters. The molecule has 2 aromatic heterocycles. The summed E-state index contributed by atoms with van der Waals surface area (Å²) in [6, 6.07) is 6.44. The van der Waals surface area contributed by atoms with Crippen LogP contribution in [0, 0.1) is 0 Å². The molecule has 0 aliphatic heterocycles. The topological polar surface area (TPSA) is 97.0 Å². The summed E-state index contributed by atoms with van der Waals surface area (Å²) in [5.41, 5.74) is -1.72. The fraction of sp³-hybridized carbons (Fsp3) is 0.464. The third kappa shape index (κ3) is 9.61. The zero-order chi connectivity index (χ0) is 30.6. The fourth-order valence-electron chi connectivity index (χ4n) is 4.18. The molecule has 3 N–H and O–H groups in total. The monoisotopic (exact) mass is 612 g/mol. The molecule has 0 aliphatic carbocycles. The van der Waals surface area contributed by atoms with Crippen LogP contribution in [0.5, 0.6) is 0 Å². The zero-order valence-corrected chi connectivity index (χ0v) is 26.1. The lowest BCUT2D eigenvalue weighted by Crippen LogP contribution is -2.37. The summed E-state index contributed by atoms with van der Waals surface area (Å²) in [4.78, 5) is 12.8. The van der Waals surface area contributed by atoms with Gasteiger partial charge in [0.2, 0.25) is 5.89 Å². The number of alkyl halides is 3.